The Kier molecular flexibility index (Phi) is 4.87. The quantitative estimate of drug-likeness (QED) is 0.682. The van der Waals surface area contributed by atoms with Gasteiger partial charge in [-0.3, -0.25) is 4.79 Å². The Labute approximate surface area is 156 Å². The summed E-state index contributed by atoms with van der Waals surface area (Å²) >= 11 is 0. The van der Waals surface area contributed by atoms with Gasteiger partial charge in [-0.25, -0.2) is 9.07 Å². The van der Waals surface area contributed by atoms with Gasteiger partial charge in [0.05, 0.1) is 6.54 Å². The highest BCUT2D eigenvalue weighted by atomic mass is 19.1. The molecule has 138 valence electrons. The molecule has 0 bridgehead atoms. The maximum absolute atomic E-state index is 14.2. The summed E-state index contributed by atoms with van der Waals surface area (Å²) in [5, 5.41) is 7.27. The molecule has 0 fully saturated rings. The first kappa shape index (κ1) is 17.3. The van der Waals surface area contributed by atoms with Gasteiger partial charge in [0, 0.05) is 11.3 Å². The van der Waals surface area contributed by atoms with Crippen molar-refractivity contribution in [2.75, 3.05) is 13.2 Å². The lowest BCUT2D eigenvalue weighted by atomic mass is 10.2. The van der Waals surface area contributed by atoms with Gasteiger partial charge in [-0.1, -0.05) is 30.3 Å². The summed E-state index contributed by atoms with van der Waals surface area (Å²) < 4.78 is 21.3. The maximum atomic E-state index is 14.2. The second-order valence-electron chi connectivity index (χ2n) is 6.41. The van der Waals surface area contributed by atoms with Crippen LogP contribution in [0, 0.1) is 5.82 Å². The van der Waals surface area contributed by atoms with Crippen molar-refractivity contribution in [2.24, 2.45) is 0 Å². The molecule has 1 aromatic heterocycles. The third-order valence-electron chi connectivity index (χ3n) is 4.63. The molecule has 0 radical (unpaired) electrons. The van der Waals surface area contributed by atoms with Crippen LogP contribution >= 0.6 is 0 Å². The lowest BCUT2D eigenvalue weighted by molar-refractivity contribution is 0.0940. The van der Waals surface area contributed by atoms with Crippen molar-refractivity contribution in [3.63, 3.8) is 0 Å². The molecule has 0 aliphatic heterocycles. The van der Waals surface area contributed by atoms with Crippen molar-refractivity contribution in [3.05, 3.63) is 77.4 Å². The van der Waals surface area contributed by atoms with Crippen LogP contribution in [-0.2, 0) is 12.8 Å². The molecule has 6 heteroatoms. The molecule has 1 N–H and O–H groups in total. The highest BCUT2D eigenvalue weighted by molar-refractivity contribution is 5.94. The predicted octanol–water partition coefficient (Wildman–Crippen LogP) is 3.31. The molecule has 27 heavy (non-hydrogen) atoms. The van der Waals surface area contributed by atoms with Gasteiger partial charge >= 0.3 is 0 Å². The molecular formula is C21H20FN3O2. The molecule has 0 unspecified atom stereocenters. The number of carbonyl (C=O) groups excluding carboxylic acids is 1. The number of fused-ring (bicyclic) bond motifs is 1. The van der Waals surface area contributed by atoms with E-state index in [4.69, 9.17) is 4.74 Å². The van der Waals surface area contributed by atoms with E-state index in [0.29, 0.717) is 24.5 Å². The summed E-state index contributed by atoms with van der Waals surface area (Å²) in [5.74, 6) is 0.161. The zero-order chi connectivity index (χ0) is 18.6. The highest BCUT2D eigenvalue weighted by Crippen LogP contribution is 2.28. The van der Waals surface area contributed by atoms with Crippen molar-refractivity contribution in [1.82, 2.24) is 15.1 Å². The van der Waals surface area contributed by atoms with Gasteiger partial charge in [-0.2, -0.15) is 5.10 Å². The van der Waals surface area contributed by atoms with Gasteiger partial charge in [-0.15, -0.1) is 0 Å². The van der Waals surface area contributed by atoms with Crippen molar-refractivity contribution < 1.29 is 13.9 Å². The zero-order valence-electron chi connectivity index (χ0n) is 14.8. The molecule has 1 aliphatic carbocycles. The number of benzene rings is 2. The van der Waals surface area contributed by atoms with Crippen molar-refractivity contribution >= 4 is 5.91 Å². The first-order chi connectivity index (χ1) is 13.2. The van der Waals surface area contributed by atoms with Crippen LogP contribution < -0.4 is 10.1 Å². The summed E-state index contributed by atoms with van der Waals surface area (Å²) in [6, 6.07) is 15.9. The number of ether oxygens (including phenoxy) is 1. The summed E-state index contributed by atoms with van der Waals surface area (Å²) in [6.45, 7) is 0.737. The lowest BCUT2D eigenvalue weighted by Gasteiger charge is -2.07. The van der Waals surface area contributed by atoms with Gasteiger partial charge in [0.25, 0.3) is 5.91 Å². The lowest BCUT2D eigenvalue weighted by Crippen LogP contribution is -2.29. The molecule has 2 aromatic carbocycles. The van der Waals surface area contributed by atoms with Crippen LogP contribution in [0.1, 0.15) is 28.2 Å². The number of hydrogen-bond donors (Lipinski definition) is 1. The fourth-order valence-electron chi connectivity index (χ4n) is 3.38. The number of rotatable bonds is 6. The number of nitrogens with zero attached hydrogens (tertiary/aromatic N) is 2. The fraction of sp³-hybridized carbons (Fsp3) is 0.238. The van der Waals surface area contributed by atoms with E-state index in [0.717, 1.165) is 36.3 Å². The van der Waals surface area contributed by atoms with Crippen LogP contribution in [0.4, 0.5) is 4.39 Å². The monoisotopic (exact) mass is 365 g/mol. The smallest absolute Gasteiger partial charge is 0.272 e. The Morgan fingerprint density at radius 2 is 1.89 bits per heavy atom. The molecule has 1 amide bonds. The topological polar surface area (TPSA) is 56.1 Å². The summed E-state index contributed by atoms with van der Waals surface area (Å²) in [5.41, 5.74) is 2.60. The number of carbonyl (C=O) groups is 1. The molecule has 0 spiro atoms. The van der Waals surface area contributed by atoms with Crippen LogP contribution in [0.3, 0.4) is 0 Å². The van der Waals surface area contributed by atoms with Gasteiger partial charge in [0.2, 0.25) is 0 Å². The SMILES string of the molecule is O=C(NCCOc1ccccc1)c1nn(-c2ccccc2F)c2c1CCC2. The first-order valence-electron chi connectivity index (χ1n) is 9.06. The minimum absolute atomic E-state index is 0.250. The van der Waals surface area contributed by atoms with Crippen molar-refractivity contribution in [3.8, 4) is 11.4 Å². The molecule has 1 aliphatic rings. The zero-order valence-corrected chi connectivity index (χ0v) is 14.8. The Bertz CT molecular complexity index is 953. The summed E-state index contributed by atoms with van der Waals surface area (Å²) in [6.07, 6.45) is 2.52. The molecule has 5 nitrogen and oxygen atoms in total. The number of amides is 1. The fourth-order valence-corrected chi connectivity index (χ4v) is 3.38. The van der Waals surface area contributed by atoms with Crippen LogP contribution in [0.5, 0.6) is 5.75 Å². The molecule has 1 heterocycles. The van der Waals surface area contributed by atoms with Crippen LogP contribution in [0.15, 0.2) is 54.6 Å². The average molecular weight is 365 g/mol. The third kappa shape index (κ3) is 3.56. The Morgan fingerprint density at radius 3 is 2.70 bits per heavy atom. The number of para-hydroxylation sites is 2. The normalized spacial score (nSPS) is 12.6. The molecule has 4 rings (SSSR count). The molecule has 0 saturated heterocycles. The van der Waals surface area contributed by atoms with E-state index in [1.807, 2.05) is 30.3 Å². The largest absolute Gasteiger partial charge is 0.492 e. The van der Waals surface area contributed by atoms with Crippen LogP contribution in [0.2, 0.25) is 0 Å². The van der Waals surface area contributed by atoms with E-state index in [1.165, 1.54) is 6.07 Å². The van der Waals surface area contributed by atoms with Gasteiger partial charge in [-0.05, 0) is 43.5 Å². The Balaban J connectivity index is 1.46. The number of nitrogens with one attached hydrogen (secondary N) is 1. The van der Waals surface area contributed by atoms with Crippen LogP contribution in [0.25, 0.3) is 5.69 Å². The number of halogens is 1. The van der Waals surface area contributed by atoms with Crippen LogP contribution in [-0.4, -0.2) is 28.8 Å². The molecule has 0 atom stereocenters. The van der Waals surface area contributed by atoms with Crippen molar-refractivity contribution in [2.45, 2.75) is 19.3 Å². The standard InChI is InChI=1S/C21H20FN3O2/c22-17-10-4-5-11-19(17)25-18-12-6-9-16(18)20(24-25)21(26)23-13-14-27-15-7-2-1-3-8-15/h1-5,7-8,10-11H,6,9,12-14H2,(H,23,26). The molecule has 3 aromatic rings. The van der Waals surface area contributed by atoms with Gasteiger partial charge in [0.15, 0.2) is 5.69 Å². The summed E-state index contributed by atoms with van der Waals surface area (Å²) in [4.78, 5) is 12.6. The molecular weight excluding hydrogens is 345 g/mol. The number of aromatic nitrogens is 2. The second-order valence-corrected chi connectivity index (χ2v) is 6.41. The second kappa shape index (κ2) is 7.61. The first-order valence-corrected chi connectivity index (χ1v) is 9.06. The Morgan fingerprint density at radius 1 is 1.11 bits per heavy atom. The summed E-state index contributed by atoms with van der Waals surface area (Å²) in [7, 11) is 0. The van der Waals surface area contributed by atoms with Crippen molar-refractivity contribution in [1.29, 1.82) is 0 Å². The Hall–Kier alpha value is -3.15. The van der Waals surface area contributed by atoms with E-state index >= 15 is 0 Å². The van der Waals surface area contributed by atoms with Gasteiger partial charge in [0.1, 0.15) is 23.9 Å². The van der Waals surface area contributed by atoms with E-state index < -0.39 is 0 Å². The average Bonchev–Trinajstić information content (AvgIpc) is 3.29. The van der Waals surface area contributed by atoms with E-state index in [2.05, 4.69) is 10.4 Å². The minimum atomic E-state index is -0.349. The van der Waals surface area contributed by atoms with E-state index in [1.54, 1.807) is 22.9 Å². The predicted molar refractivity (Wildman–Crippen MR) is 99.8 cm³/mol. The third-order valence-corrected chi connectivity index (χ3v) is 4.63. The van der Waals surface area contributed by atoms with E-state index in [9.17, 15) is 9.18 Å². The minimum Gasteiger partial charge on any atom is -0.492 e. The van der Waals surface area contributed by atoms with E-state index in [-0.39, 0.29) is 11.7 Å². The number of hydrogen-bond acceptors (Lipinski definition) is 3. The maximum Gasteiger partial charge on any atom is 0.272 e. The van der Waals surface area contributed by atoms with Gasteiger partial charge < -0.3 is 10.1 Å². The highest BCUT2D eigenvalue weighted by Gasteiger charge is 2.27. The molecule has 0 saturated carbocycles.